The van der Waals surface area contributed by atoms with Crippen molar-refractivity contribution in [3.8, 4) is 0 Å². The number of nitrogens with one attached hydrogen (secondary N) is 1. The lowest BCUT2D eigenvalue weighted by atomic mass is 10.1. The zero-order valence-corrected chi connectivity index (χ0v) is 13.3. The van der Waals surface area contributed by atoms with E-state index < -0.39 is 6.04 Å². The fourth-order valence-corrected chi connectivity index (χ4v) is 2.63. The lowest BCUT2D eigenvalue weighted by Crippen LogP contribution is -2.27. The van der Waals surface area contributed by atoms with Crippen molar-refractivity contribution in [2.24, 2.45) is 0 Å². The molecule has 0 bridgehead atoms. The highest BCUT2D eigenvalue weighted by atomic mass is 35.5. The first-order chi connectivity index (χ1) is 10.0. The average molecular weight is 324 g/mol. The summed E-state index contributed by atoms with van der Waals surface area (Å²) in [6, 6.07) is 11.2. The van der Waals surface area contributed by atoms with Crippen LogP contribution in [-0.4, -0.2) is 12.2 Å². The van der Waals surface area contributed by atoms with Crippen LogP contribution in [0.5, 0.6) is 0 Å². The Hall–Kier alpha value is -1.52. The summed E-state index contributed by atoms with van der Waals surface area (Å²) in [5.41, 5.74) is 0.842. The third kappa shape index (κ3) is 3.77. The maximum absolute atomic E-state index is 13.7. The molecule has 0 heterocycles. The molecule has 110 valence electrons. The van der Waals surface area contributed by atoms with Crippen molar-refractivity contribution in [2.75, 3.05) is 6.26 Å². The Morgan fingerprint density at radius 3 is 2.67 bits per heavy atom. The highest BCUT2D eigenvalue weighted by molar-refractivity contribution is 7.98. The molecule has 0 aliphatic rings. The molecule has 0 radical (unpaired) electrons. The zero-order chi connectivity index (χ0) is 15.4. The van der Waals surface area contributed by atoms with E-state index >= 15 is 0 Å². The monoisotopic (exact) mass is 323 g/mol. The summed E-state index contributed by atoms with van der Waals surface area (Å²) in [7, 11) is 0. The first kappa shape index (κ1) is 15.9. The van der Waals surface area contributed by atoms with Gasteiger partial charge < -0.3 is 5.32 Å². The molecule has 1 unspecified atom stereocenters. The van der Waals surface area contributed by atoms with Crippen LogP contribution in [0.4, 0.5) is 4.39 Å². The highest BCUT2D eigenvalue weighted by Gasteiger charge is 2.16. The molecule has 5 heteroatoms. The van der Waals surface area contributed by atoms with E-state index in [0.29, 0.717) is 16.1 Å². The van der Waals surface area contributed by atoms with E-state index in [2.05, 4.69) is 5.32 Å². The maximum atomic E-state index is 13.7. The number of carbonyl (C=O) groups is 1. The lowest BCUT2D eigenvalue weighted by Gasteiger charge is -2.16. The Kier molecular flexibility index (Phi) is 5.26. The maximum Gasteiger partial charge on any atom is 0.253 e. The van der Waals surface area contributed by atoms with E-state index in [0.717, 1.165) is 4.90 Å². The SMILES string of the molecule is CSc1ccc(Cl)c(C(=O)NC(C)c2ccccc2F)c1. The fraction of sp³-hybridized carbons (Fsp3) is 0.188. The molecule has 0 aliphatic heterocycles. The van der Waals surface area contributed by atoms with Crippen LogP contribution in [-0.2, 0) is 0 Å². The number of halogens is 2. The predicted octanol–water partition coefficient (Wildman–Crippen LogP) is 4.69. The number of amides is 1. The molecule has 0 saturated heterocycles. The van der Waals surface area contributed by atoms with Crippen LogP contribution in [0.1, 0.15) is 28.9 Å². The third-order valence-corrected chi connectivity index (χ3v) is 4.19. The number of thioether (sulfide) groups is 1. The second-order valence-corrected chi connectivity index (χ2v) is 5.85. The Balaban J connectivity index is 2.20. The molecular weight excluding hydrogens is 309 g/mol. The number of carbonyl (C=O) groups excluding carboxylic acids is 1. The molecule has 1 N–H and O–H groups in total. The van der Waals surface area contributed by atoms with Gasteiger partial charge in [-0.15, -0.1) is 11.8 Å². The van der Waals surface area contributed by atoms with Crippen molar-refractivity contribution < 1.29 is 9.18 Å². The minimum absolute atomic E-state index is 0.313. The fourth-order valence-electron chi connectivity index (χ4n) is 1.98. The standard InChI is InChI=1S/C16H15ClFNOS/c1-10(12-5-3-4-6-15(12)18)19-16(20)13-9-11(21-2)7-8-14(13)17/h3-10H,1-2H3,(H,19,20). The highest BCUT2D eigenvalue weighted by Crippen LogP contribution is 2.24. The van der Waals surface area contributed by atoms with Gasteiger partial charge in [-0.1, -0.05) is 29.8 Å². The Labute approximate surface area is 132 Å². The summed E-state index contributed by atoms with van der Waals surface area (Å²) in [6.45, 7) is 1.74. The van der Waals surface area contributed by atoms with Gasteiger partial charge in [0.15, 0.2) is 0 Å². The Bertz CT molecular complexity index is 662. The van der Waals surface area contributed by atoms with Crippen LogP contribution in [0, 0.1) is 5.82 Å². The topological polar surface area (TPSA) is 29.1 Å². The van der Waals surface area contributed by atoms with Crippen LogP contribution in [0.3, 0.4) is 0 Å². The smallest absolute Gasteiger partial charge is 0.253 e. The van der Waals surface area contributed by atoms with Crippen molar-refractivity contribution in [2.45, 2.75) is 17.9 Å². The number of hydrogen-bond acceptors (Lipinski definition) is 2. The van der Waals surface area contributed by atoms with E-state index in [9.17, 15) is 9.18 Å². The Morgan fingerprint density at radius 1 is 1.29 bits per heavy atom. The van der Waals surface area contributed by atoms with E-state index in [4.69, 9.17) is 11.6 Å². The van der Waals surface area contributed by atoms with E-state index in [1.807, 2.05) is 12.3 Å². The summed E-state index contributed by atoms with van der Waals surface area (Å²) >= 11 is 7.59. The van der Waals surface area contributed by atoms with Crippen molar-refractivity contribution in [1.82, 2.24) is 5.32 Å². The van der Waals surface area contributed by atoms with Gasteiger partial charge in [-0.25, -0.2) is 4.39 Å². The molecule has 21 heavy (non-hydrogen) atoms. The molecular formula is C16H15ClFNOS. The van der Waals surface area contributed by atoms with Crippen LogP contribution in [0.2, 0.25) is 5.02 Å². The molecule has 0 spiro atoms. The quantitative estimate of drug-likeness (QED) is 0.827. The minimum Gasteiger partial charge on any atom is -0.345 e. The minimum atomic E-state index is -0.437. The van der Waals surface area contributed by atoms with Gasteiger partial charge in [0.1, 0.15) is 5.82 Å². The van der Waals surface area contributed by atoms with Crippen LogP contribution >= 0.6 is 23.4 Å². The number of hydrogen-bond donors (Lipinski definition) is 1. The molecule has 1 atom stereocenters. The summed E-state index contributed by atoms with van der Waals surface area (Å²) in [5, 5.41) is 3.15. The van der Waals surface area contributed by atoms with Crippen molar-refractivity contribution >= 4 is 29.3 Å². The second kappa shape index (κ2) is 6.96. The van der Waals surface area contributed by atoms with Gasteiger partial charge in [-0.3, -0.25) is 4.79 Å². The normalized spacial score (nSPS) is 12.0. The van der Waals surface area contributed by atoms with Crippen molar-refractivity contribution in [1.29, 1.82) is 0 Å². The molecule has 0 aromatic heterocycles. The molecule has 2 aromatic rings. The Morgan fingerprint density at radius 2 is 2.00 bits per heavy atom. The summed E-state index contributed by atoms with van der Waals surface area (Å²) in [5.74, 6) is -0.652. The van der Waals surface area contributed by atoms with Gasteiger partial charge in [0, 0.05) is 10.5 Å². The lowest BCUT2D eigenvalue weighted by molar-refractivity contribution is 0.0939. The van der Waals surface area contributed by atoms with Crippen LogP contribution < -0.4 is 5.32 Å². The van der Waals surface area contributed by atoms with Gasteiger partial charge in [-0.2, -0.15) is 0 Å². The van der Waals surface area contributed by atoms with Crippen LogP contribution in [0.25, 0.3) is 0 Å². The first-order valence-electron chi connectivity index (χ1n) is 6.41. The molecule has 2 nitrogen and oxygen atoms in total. The van der Waals surface area contributed by atoms with Crippen LogP contribution in [0.15, 0.2) is 47.4 Å². The van der Waals surface area contributed by atoms with Gasteiger partial charge in [0.2, 0.25) is 0 Å². The molecule has 1 amide bonds. The van der Waals surface area contributed by atoms with E-state index in [1.54, 1.807) is 37.3 Å². The largest absolute Gasteiger partial charge is 0.345 e. The van der Waals surface area contributed by atoms with Gasteiger partial charge in [-0.05, 0) is 37.4 Å². The molecule has 0 fully saturated rings. The summed E-state index contributed by atoms with van der Waals surface area (Å²) < 4.78 is 13.7. The summed E-state index contributed by atoms with van der Waals surface area (Å²) in [4.78, 5) is 13.2. The average Bonchev–Trinajstić information content (AvgIpc) is 2.48. The molecule has 2 rings (SSSR count). The van der Waals surface area contributed by atoms with Gasteiger partial charge in [0.05, 0.1) is 16.6 Å². The molecule has 2 aromatic carbocycles. The third-order valence-electron chi connectivity index (χ3n) is 3.14. The van der Waals surface area contributed by atoms with Gasteiger partial charge in [0.25, 0.3) is 5.91 Å². The van der Waals surface area contributed by atoms with Crippen molar-refractivity contribution in [3.63, 3.8) is 0 Å². The molecule has 0 aliphatic carbocycles. The number of rotatable bonds is 4. The van der Waals surface area contributed by atoms with Gasteiger partial charge >= 0.3 is 0 Å². The van der Waals surface area contributed by atoms with E-state index in [-0.39, 0.29) is 11.7 Å². The first-order valence-corrected chi connectivity index (χ1v) is 8.02. The predicted molar refractivity (Wildman–Crippen MR) is 85.5 cm³/mol. The summed E-state index contributed by atoms with van der Waals surface area (Å²) in [6.07, 6.45) is 1.92. The van der Waals surface area contributed by atoms with Crippen molar-refractivity contribution in [3.05, 3.63) is 64.4 Å². The zero-order valence-electron chi connectivity index (χ0n) is 11.7. The second-order valence-electron chi connectivity index (χ2n) is 4.56. The van der Waals surface area contributed by atoms with E-state index in [1.165, 1.54) is 17.8 Å². The molecule has 0 saturated carbocycles. The number of benzene rings is 2.